The Hall–Kier alpha value is -1.88. The van der Waals surface area contributed by atoms with Gasteiger partial charge in [0.05, 0.1) is 6.54 Å². The van der Waals surface area contributed by atoms with Crippen LogP contribution in [0.3, 0.4) is 0 Å². The van der Waals surface area contributed by atoms with E-state index in [9.17, 15) is 19.5 Å². The van der Waals surface area contributed by atoms with Gasteiger partial charge in [-0.2, -0.15) is 0 Å². The number of carboxylic acid groups (broad SMARTS) is 1. The molecule has 7 nitrogen and oxygen atoms in total. The maximum absolute atomic E-state index is 12.8. The van der Waals surface area contributed by atoms with Crippen LogP contribution in [0.5, 0.6) is 0 Å². The molecule has 2 heterocycles. The summed E-state index contributed by atoms with van der Waals surface area (Å²) in [4.78, 5) is 39.1. The first kappa shape index (κ1) is 16.5. The zero-order chi connectivity index (χ0) is 16.7. The molecule has 120 valence electrons. The second kappa shape index (κ2) is 5.72. The lowest BCUT2D eigenvalue weighted by Crippen LogP contribution is -2.54. The molecule has 0 radical (unpaired) electrons. The van der Waals surface area contributed by atoms with E-state index >= 15 is 0 Å². The molecule has 0 aromatic heterocycles. The Bertz CT molecular complexity index is 557. The van der Waals surface area contributed by atoms with Crippen molar-refractivity contribution >= 4 is 29.7 Å². The van der Waals surface area contributed by atoms with Crippen LogP contribution in [0, 0.1) is 12.3 Å². The predicted molar refractivity (Wildman–Crippen MR) is 82.1 cm³/mol. The molecule has 2 aliphatic rings. The van der Waals surface area contributed by atoms with Crippen molar-refractivity contribution in [3.63, 3.8) is 0 Å². The van der Waals surface area contributed by atoms with Crippen LogP contribution < -0.4 is 5.32 Å². The third kappa shape index (κ3) is 2.50. The van der Waals surface area contributed by atoms with Gasteiger partial charge in [-0.15, -0.1) is 18.2 Å². The summed E-state index contributed by atoms with van der Waals surface area (Å²) in [5.41, 5.74) is 0. The largest absolute Gasteiger partial charge is 0.480 e. The summed E-state index contributed by atoms with van der Waals surface area (Å²) in [5, 5.41) is 11.1. The highest BCUT2D eigenvalue weighted by Crippen LogP contribution is 2.48. The number of rotatable bonds is 4. The van der Waals surface area contributed by atoms with Crippen LogP contribution in [0.15, 0.2) is 0 Å². The summed E-state index contributed by atoms with van der Waals surface area (Å²) >= 11 is 1.32. The van der Waals surface area contributed by atoms with E-state index in [1.165, 1.54) is 21.6 Å². The molecule has 2 rings (SSSR count). The fraction of sp³-hybridized carbons (Fsp3) is 0.643. The van der Waals surface area contributed by atoms with E-state index in [-0.39, 0.29) is 12.5 Å². The number of hydrogen-bond donors (Lipinski definition) is 2. The summed E-state index contributed by atoms with van der Waals surface area (Å²) in [5.74, 6) is 1.08. The molecule has 8 heteroatoms. The molecule has 2 N–H and O–H groups in total. The number of carboxylic acids is 1. The standard InChI is InChI=1S/C14H19N3O4S/c1-5-7-16(6-2)10(18)9-14(3,4)22-11-8(12(19)20)15-13(21)17(9)11/h1,8-9,11H,6-7H2,2-4H3,(H,15,21)(H,19,20)/t8-,9-,11+/m0/s1. The van der Waals surface area contributed by atoms with Gasteiger partial charge < -0.3 is 15.3 Å². The van der Waals surface area contributed by atoms with Gasteiger partial charge in [-0.05, 0) is 20.8 Å². The normalized spacial score (nSPS) is 28.7. The molecule has 2 fully saturated rings. The number of terminal acetylenes is 1. The molecule has 0 aliphatic carbocycles. The van der Waals surface area contributed by atoms with Crippen molar-refractivity contribution in [1.29, 1.82) is 0 Å². The Kier molecular flexibility index (Phi) is 4.29. The summed E-state index contributed by atoms with van der Waals surface area (Å²) in [6.45, 7) is 6.09. The first-order valence-corrected chi connectivity index (χ1v) is 7.84. The Morgan fingerprint density at radius 2 is 2.18 bits per heavy atom. The molecule has 0 bridgehead atoms. The molecule has 0 aromatic carbocycles. The van der Waals surface area contributed by atoms with Crippen LogP contribution in [0.1, 0.15) is 20.8 Å². The Morgan fingerprint density at radius 3 is 2.68 bits per heavy atom. The molecule has 0 aromatic rings. The summed E-state index contributed by atoms with van der Waals surface area (Å²) in [6, 6.07) is -2.27. The van der Waals surface area contributed by atoms with Crippen molar-refractivity contribution in [3.05, 3.63) is 0 Å². The first-order valence-electron chi connectivity index (χ1n) is 6.96. The number of likely N-dealkylation sites (N-methyl/N-ethyl adjacent to an activating group) is 1. The maximum atomic E-state index is 12.8. The number of carbonyl (C=O) groups excluding carboxylic acids is 2. The monoisotopic (exact) mass is 325 g/mol. The molecular formula is C14H19N3O4S. The highest BCUT2D eigenvalue weighted by molar-refractivity contribution is 8.01. The van der Waals surface area contributed by atoms with E-state index in [0.717, 1.165) is 0 Å². The van der Waals surface area contributed by atoms with Crippen molar-refractivity contribution in [2.45, 2.75) is 43.0 Å². The number of aliphatic carboxylic acids is 1. The average molecular weight is 325 g/mol. The molecule has 22 heavy (non-hydrogen) atoms. The SMILES string of the molecule is C#CCN(CC)C(=O)[C@@H]1N2C(=O)N[C@H](C(=O)O)[C@H]2SC1(C)C. The van der Waals surface area contributed by atoms with Gasteiger partial charge in [0.2, 0.25) is 5.91 Å². The van der Waals surface area contributed by atoms with Crippen LogP contribution in [0.2, 0.25) is 0 Å². The Labute approximate surface area is 133 Å². The number of amides is 3. The van der Waals surface area contributed by atoms with Crippen LogP contribution in [0.25, 0.3) is 0 Å². The van der Waals surface area contributed by atoms with Gasteiger partial charge in [0.15, 0.2) is 6.04 Å². The van der Waals surface area contributed by atoms with Crippen molar-refractivity contribution in [1.82, 2.24) is 15.1 Å². The number of nitrogens with zero attached hydrogens (tertiary/aromatic N) is 2. The molecule has 2 saturated heterocycles. The highest BCUT2D eigenvalue weighted by Gasteiger charge is 2.60. The highest BCUT2D eigenvalue weighted by atomic mass is 32.2. The minimum absolute atomic E-state index is 0.162. The predicted octanol–water partition coefficient (Wildman–Crippen LogP) is 0.167. The van der Waals surface area contributed by atoms with Crippen LogP contribution in [-0.4, -0.2) is 68.1 Å². The number of urea groups is 1. The zero-order valence-electron chi connectivity index (χ0n) is 12.7. The second-order valence-electron chi connectivity index (χ2n) is 5.74. The Balaban J connectivity index is 2.35. The maximum Gasteiger partial charge on any atom is 0.329 e. The van der Waals surface area contributed by atoms with Gasteiger partial charge in [0, 0.05) is 11.3 Å². The van der Waals surface area contributed by atoms with Crippen molar-refractivity contribution < 1.29 is 19.5 Å². The lowest BCUT2D eigenvalue weighted by molar-refractivity contribution is -0.140. The third-order valence-electron chi connectivity index (χ3n) is 3.91. The van der Waals surface area contributed by atoms with Gasteiger partial charge in [0.25, 0.3) is 0 Å². The molecule has 3 amide bonds. The fourth-order valence-electron chi connectivity index (χ4n) is 2.88. The minimum Gasteiger partial charge on any atom is -0.480 e. The number of carbonyl (C=O) groups is 3. The zero-order valence-corrected chi connectivity index (χ0v) is 13.5. The number of hydrogen-bond acceptors (Lipinski definition) is 4. The average Bonchev–Trinajstić information content (AvgIpc) is 2.88. The number of nitrogens with one attached hydrogen (secondary N) is 1. The third-order valence-corrected chi connectivity index (χ3v) is 5.48. The molecular weight excluding hydrogens is 306 g/mol. The molecule has 0 saturated carbocycles. The van der Waals surface area contributed by atoms with E-state index in [0.29, 0.717) is 6.54 Å². The molecule has 3 atom stereocenters. The summed E-state index contributed by atoms with van der Waals surface area (Å²) in [7, 11) is 0. The summed E-state index contributed by atoms with van der Waals surface area (Å²) < 4.78 is -0.588. The van der Waals surface area contributed by atoms with Gasteiger partial charge >= 0.3 is 12.0 Å². The van der Waals surface area contributed by atoms with E-state index in [1.54, 1.807) is 0 Å². The lowest BCUT2D eigenvalue weighted by Gasteiger charge is -2.33. The Morgan fingerprint density at radius 1 is 1.55 bits per heavy atom. The van der Waals surface area contributed by atoms with Crippen molar-refractivity contribution in [3.8, 4) is 12.3 Å². The quantitative estimate of drug-likeness (QED) is 0.719. The van der Waals surface area contributed by atoms with Crippen molar-refractivity contribution in [2.24, 2.45) is 0 Å². The topological polar surface area (TPSA) is 90.0 Å². The van der Waals surface area contributed by atoms with Crippen LogP contribution in [0.4, 0.5) is 4.79 Å². The molecule has 0 unspecified atom stereocenters. The molecule has 0 spiro atoms. The van der Waals surface area contributed by atoms with Crippen molar-refractivity contribution in [2.75, 3.05) is 13.1 Å². The van der Waals surface area contributed by atoms with E-state index in [4.69, 9.17) is 6.42 Å². The van der Waals surface area contributed by atoms with E-state index in [1.807, 2.05) is 20.8 Å². The first-order chi connectivity index (χ1) is 10.2. The minimum atomic E-state index is -1.10. The lowest BCUT2D eigenvalue weighted by atomic mass is 10.00. The van der Waals surface area contributed by atoms with Crippen LogP contribution >= 0.6 is 11.8 Å². The van der Waals surface area contributed by atoms with Crippen LogP contribution in [-0.2, 0) is 9.59 Å². The summed E-state index contributed by atoms with van der Waals surface area (Å²) in [6.07, 6.45) is 5.29. The number of fused-ring (bicyclic) bond motifs is 1. The second-order valence-corrected chi connectivity index (χ2v) is 7.51. The van der Waals surface area contributed by atoms with Gasteiger partial charge in [-0.1, -0.05) is 5.92 Å². The van der Waals surface area contributed by atoms with E-state index < -0.39 is 34.2 Å². The molecule has 2 aliphatic heterocycles. The smallest absolute Gasteiger partial charge is 0.329 e. The van der Waals surface area contributed by atoms with Gasteiger partial charge in [-0.25, -0.2) is 9.59 Å². The fourth-order valence-corrected chi connectivity index (χ4v) is 4.50. The van der Waals surface area contributed by atoms with Gasteiger partial charge in [-0.3, -0.25) is 9.69 Å². The number of thioether (sulfide) groups is 1. The van der Waals surface area contributed by atoms with Gasteiger partial charge in [0.1, 0.15) is 11.4 Å². The van der Waals surface area contributed by atoms with E-state index in [2.05, 4.69) is 11.2 Å².